The van der Waals surface area contributed by atoms with Crippen LogP contribution < -0.4 is 10.0 Å². The predicted molar refractivity (Wildman–Crippen MR) is 75.8 cm³/mol. The molecule has 2 rings (SSSR count). The third kappa shape index (κ3) is 3.76. The first-order chi connectivity index (χ1) is 9.53. The van der Waals surface area contributed by atoms with Gasteiger partial charge in [0, 0.05) is 19.3 Å². The minimum Gasteiger partial charge on any atom is -0.377 e. The molecule has 0 aromatic carbocycles. The molecule has 0 radical (unpaired) electrons. The van der Waals surface area contributed by atoms with Crippen molar-refractivity contribution in [2.45, 2.75) is 44.0 Å². The Morgan fingerprint density at radius 1 is 1.45 bits per heavy atom. The molecule has 0 spiro atoms. The van der Waals surface area contributed by atoms with Crippen molar-refractivity contribution in [3.63, 3.8) is 0 Å². The van der Waals surface area contributed by atoms with Gasteiger partial charge in [-0.1, -0.05) is 13.0 Å². The van der Waals surface area contributed by atoms with E-state index in [0.29, 0.717) is 19.6 Å². The zero-order valence-corrected chi connectivity index (χ0v) is 12.6. The van der Waals surface area contributed by atoms with Gasteiger partial charge < -0.3 is 10.1 Å². The monoisotopic (exact) mass is 299 g/mol. The van der Waals surface area contributed by atoms with E-state index in [9.17, 15) is 8.42 Å². The molecule has 0 bridgehead atoms. The van der Waals surface area contributed by atoms with Crippen LogP contribution in [0, 0.1) is 0 Å². The second-order valence-corrected chi connectivity index (χ2v) is 6.54. The highest BCUT2D eigenvalue weighted by atomic mass is 32.2. The number of sulfonamides is 1. The lowest BCUT2D eigenvalue weighted by Gasteiger charge is -2.15. The van der Waals surface area contributed by atoms with Crippen molar-refractivity contribution in [2.24, 2.45) is 0 Å². The Bertz CT molecular complexity index is 530. The fourth-order valence-corrected chi connectivity index (χ4v) is 3.36. The van der Waals surface area contributed by atoms with Crippen LogP contribution in [-0.2, 0) is 21.3 Å². The molecule has 2 atom stereocenters. The summed E-state index contributed by atoms with van der Waals surface area (Å²) in [5.74, 6) is 0. The maximum absolute atomic E-state index is 12.2. The summed E-state index contributed by atoms with van der Waals surface area (Å²) in [5.41, 5.74) is 0.961. The van der Waals surface area contributed by atoms with Crippen molar-refractivity contribution in [3.8, 4) is 0 Å². The number of rotatable bonds is 6. The highest BCUT2D eigenvalue weighted by molar-refractivity contribution is 7.89. The summed E-state index contributed by atoms with van der Waals surface area (Å²) in [6.07, 6.45) is 2.18. The van der Waals surface area contributed by atoms with Gasteiger partial charge in [0.05, 0.1) is 12.1 Å². The van der Waals surface area contributed by atoms with E-state index in [1.54, 1.807) is 12.3 Å². The van der Waals surface area contributed by atoms with Crippen molar-refractivity contribution in [1.82, 2.24) is 15.0 Å². The van der Waals surface area contributed by atoms with Crippen molar-refractivity contribution in [2.75, 3.05) is 13.2 Å². The molecule has 1 aliphatic heterocycles. The molecule has 1 aromatic rings. The highest BCUT2D eigenvalue weighted by Gasteiger charge is 2.29. The van der Waals surface area contributed by atoms with Crippen LogP contribution in [0.1, 0.15) is 25.8 Å². The molecule has 2 heterocycles. The maximum atomic E-state index is 12.2. The smallest absolute Gasteiger partial charge is 0.258 e. The molecule has 2 N–H and O–H groups in total. The predicted octanol–water partition coefficient (Wildman–Crippen LogP) is 0.647. The third-order valence-corrected chi connectivity index (χ3v) is 4.74. The first kappa shape index (κ1) is 15.4. The molecule has 7 heteroatoms. The van der Waals surface area contributed by atoms with Crippen LogP contribution in [0.15, 0.2) is 23.4 Å². The molecule has 0 amide bonds. The summed E-state index contributed by atoms with van der Waals surface area (Å²) in [6, 6.07) is 3.14. The van der Waals surface area contributed by atoms with Crippen LogP contribution in [0.4, 0.5) is 0 Å². The van der Waals surface area contributed by atoms with Crippen molar-refractivity contribution >= 4 is 10.0 Å². The largest absolute Gasteiger partial charge is 0.377 e. The van der Waals surface area contributed by atoms with Gasteiger partial charge in [0.25, 0.3) is 10.0 Å². The van der Waals surface area contributed by atoms with Gasteiger partial charge in [-0.15, -0.1) is 0 Å². The van der Waals surface area contributed by atoms with Crippen LogP contribution in [0.3, 0.4) is 0 Å². The van der Waals surface area contributed by atoms with E-state index in [4.69, 9.17) is 4.74 Å². The van der Waals surface area contributed by atoms with E-state index < -0.39 is 10.0 Å². The molecule has 1 fully saturated rings. The molecule has 112 valence electrons. The fourth-order valence-electron chi connectivity index (χ4n) is 2.09. The van der Waals surface area contributed by atoms with E-state index in [-0.39, 0.29) is 17.2 Å². The van der Waals surface area contributed by atoms with E-state index in [1.807, 2.05) is 13.8 Å². The van der Waals surface area contributed by atoms with E-state index in [1.165, 1.54) is 6.07 Å². The summed E-state index contributed by atoms with van der Waals surface area (Å²) in [5, 5.41) is 3.22. The number of nitrogens with zero attached hydrogens (tertiary/aromatic N) is 1. The molecular weight excluding hydrogens is 278 g/mol. The standard InChI is InChI=1S/C13H21N3O3S/c1-3-14-8-11-4-5-13(15-9-11)20(17,18)16-12-6-7-19-10(12)2/h4-5,9-10,12,14,16H,3,6-8H2,1-2H3. The lowest BCUT2D eigenvalue weighted by molar-refractivity contribution is 0.117. The van der Waals surface area contributed by atoms with Gasteiger partial charge in [0.2, 0.25) is 0 Å². The first-order valence-corrected chi connectivity index (χ1v) is 8.31. The highest BCUT2D eigenvalue weighted by Crippen LogP contribution is 2.16. The molecular formula is C13H21N3O3S. The Morgan fingerprint density at radius 2 is 2.25 bits per heavy atom. The Labute approximate surface area is 120 Å². The molecule has 2 unspecified atom stereocenters. The Kier molecular flexibility index (Phi) is 5.09. The molecule has 1 saturated heterocycles. The number of pyridine rings is 1. The SMILES string of the molecule is CCNCc1ccc(S(=O)(=O)NC2CCOC2C)nc1. The van der Waals surface area contributed by atoms with Gasteiger partial charge in [-0.25, -0.2) is 18.1 Å². The van der Waals surface area contributed by atoms with E-state index in [0.717, 1.165) is 12.1 Å². The van der Waals surface area contributed by atoms with Crippen LogP contribution in [0.5, 0.6) is 0 Å². The third-order valence-electron chi connectivity index (χ3n) is 3.33. The topological polar surface area (TPSA) is 80.3 Å². The number of aromatic nitrogens is 1. The van der Waals surface area contributed by atoms with Crippen LogP contribution in [0.2, 0.25) is 0 Å². The van der Waals surface area contributed by atoms with Crippen molar-refractivity contribution in [3.05, 3.63) is 23.9 Å². The zero-order valence-electron chi connectivity index (χ0n) is 11.8. The summed E-state index contributed by atoms with van der Waals surface area (Å²) < 4.78 is 32.4. The van der Waals surface area contributed by atoms with Gasteiger partial charge in [0.15, 0.2) is 5.03 Å². The average Bonchev–Trinajstić information content (AvgIpc) is 2.82. The molecule has 6 nitrogen and oxygen atoms in total. The second kappa shape index (κ2) is 6.62. The first-order valence-electron chi connectivity index (χ1n) is 6.82. The van der Waals surface area contributed by atoms with Gasteiger partial charge in [-0.05, 0) is 31.5 Å². The number of ether oxygens (including phenoxy) is 1. The van der Waals surface area contributed by atoms with Gasteiger partial charge >= 0.3 is 0 Å². The van der Waals surface area contributed by atoms with Crippen LogP contribution in [-0.4, -0.2) is 38.7 Å². The summed E-state index contributed by atoms with van der Waals surface area (Å²) in [6.45, 7) is 6.02. The average molecular weight is 299 g/mol. The maximum Gasteiger partial charge on any atom is 0.258 e. The van der Waals surface area contributed by atoms with E-state index >= 15 is 0 Å². The van der Waals surface area contributed by atoms with Crippen molar-refractivity contribution < 1.29 is 13.2 Å². The number of nitrogens with one attached hydrogen (secondary N) is 2. The molecule has 1 aliphatic rings. The summed E-state index contributed by atoms with van der Waals surface area (Å²) in [7, 11) is -3.58. The second-order valence-electron chi connectivity index (χ2n) is 4.88. The Balaban J connectivity index is 2.05. The van der Waals surface area contributed by atoms with Gasteiger partial charge in [0.1, 0.15) is 0 Å². The van der Waals surface area contributed by atoms with Crippen LogP contribution in [0.25, 0.3) is 0 Å². The minimum absolute atomic E-state index is 0.0526. The Morgan fingerprint density at radius 3 is 2.80 bits per heavy atom. The molecule has 20 heavy (non-hydrogen) atoms. The summed E-state index contributed by atoms with van der Waals surface area (Å²) in [4.78, 5) is 4.04. The normalized spacial score (nSPS) is 23.1. The lowest BCUT2D eigenvalue weighted by Crippen LogP contribution is -2.39. The van der Waals surface area contributed by atoms with E-state index in [2.05, 4.69) is 15.0 Å². The van der Waals surface area contributed by atoms with Gasteiger partial charge in [-0.2, -0.15) is 0 Å². The fraction of sp³-hybridized carbons (Fsp3) is 0.615. The minimum atomic E-state index is -3.58. The quantitative estimate of drug-likeness (QED) is 0.806. The number of hydrogen-bond donors (Lipinski definition) is 2. The molecule has 1 aromatic heterocycles. The summed E-state index contributed by atoms with van der Waals surface area (Å²) >= 11 is 0. The molecule has 0 aliphatic carbocycles. The Hall–Kier alpha value is -1.02. The van der Waals surface area contributed by atoms with Crippen LogP contribution >= 0.6 is 0 Å². The zero-order chi connectivity index (χ0) is 14.6. The lowest BCUT2D eigenvalue weighted by atomic mass is 10.2. The number of hydrogen-bond acceptors (Lipinski definition) is 5. The van der Waals surface area contributed by atoms with Crippen molar-refractivity contribution in [1.29, 1.82) is 0 Å². The molecule has 0 saturated carbocycles. The van der Waals surface area contributed by atoms with Gasteiger partial charge in [-0.3, -0.25) is 0 Å².